The van der Waals surface area contributed by atoms with Crippen LogP contribution in [-0.4, -0.2) is 36.5 Å². The maximum Gasteiger partial charge on any atom is 0.387 e. The van der Waals surface area contributed by atoms with E-state index in [0.717, 1.165) is 6.42 Å². The summed E-state index contributed by atoms with van der Waals surface area (Å²) in [5.41, 5.74) is 6.05. The number of hydrogen-bond donors (Lipinski definition) is 1. The molecule has 2 N–H and O–H groups in total. The van der Waals surface area contributed by atoms with E-state index in [4.69, 9.17) is 5.73 Å². The van der Waals surface area contributed by atoms with E-state index in [1.165, 1.54) is 18.2 Å². The Kier molecular flexibility index (Phi) is 5.50. The van der Waals surface area contributed by atoms with Gasteiger partial charge in [-0.25, -0.2) is 0 Å². The third-order valence-corrected chi connectivity index (χ3v) is 2.82. The first-order chi connectivity index (χ1) is 8.56. The Morgan fingerprint density at radius 2 is 2.21 bits per heavy atom. The summed E-state index contributed by atoms with van der Waals surface area (Å²) in [5, 5.41) is 0. The molecule has 1 atom stereocenters. The van der Waals surface area contributed by atoms with Crippen molar-refractivity contribution in [3.8, 4) is 5.75 Å². The molecule has 7 heteroatoms. The van der Waals surface area contributed by atoms with Crippen molar-refractivity contribution in [2.45, 2.75) is 19.1 Å². The fourth-order valence-corrected chi connectivity index (χ4v) is 1.96. The Morgan fingerprint density at radius 1 is 1.47 bits per heavy atom. The Balaban J connectivity index is 0.00000180. The van der Waals surface area contributed by atoms with Crippen LogP contribution in [0.1, 0.15) is 16.8 Å². The quantitative estimate of drug-likeness (QED) is 0.925. The van der Waals surface area contributed by atoms with Crippen molar-refractivity contribution < 1.29 is 18.3 Å². The van der Waals surface area contributed by atoms with Crippen LogP contribution in [0.25, 0.3) is 0 Å². The van der Waals surface area contributed by atoms with Gasteiger partial charge in [0.1, 0.15) is 5.75 Å². The van der Waals surface area contributed by atoms with E-state index in [1.807, 2.05) is 0 Å². The van der Waals surface area contributed by atoms with Crippen LogP contribution in [-0.2, 0) is 0 Å². The highest BCUT2D eigenvalue weighted by atomic mass is 35.5. The van der Waals surface area contributed by atoms with Gasteiger partial charge in [-0.15, -0.1) is 12.4 Å². The summed E-state index contributed by atoms with van der Waals surface area (Å²) in [7, 11) is 0. The van der Waals surface area contributed by atoms with Gasteiger partial charge in [-0.05, 0) is 24.6 Å². The summed E-state index contributed by atoms with van der Waals surface area (Å²) in [5.74, 6) is -0.220. The molecule has 1 amide bonds. The number of carbonyl (C=O) groups excluding carboxylic acids is 1. The average molecular weight is 293 g/mol. The summed E-state index contributed by atoms with van der Waals surface area (Å²) < 4.78 is 28.4. The third kappa shape index (κ3) is 4.04. The molecule has 0 saturated carbocycles. The normalized spacial score (nSPS) is 18.3. The maximum atomic E-state index is 12.1. The second-order valence-corrected chi connectivity index (χ2v) is 4.21. The molecule has 19 heavy (non-hydrogen) atoms. The zero-order valence-corrected chi connectivity index (χ0v) is 10.9. The van der Waals surface area contributed by atoms with Gasteiger partial charge >= 0.3 is 6.61 Å². The van der Waals surface area contributed by atoms with Gasteiger partial charge in [0.15, 0.2) is 0 Å². The van der Waals surface area contributed by atoms with Crippen LogP contribution >= 0.6 is 12.4 Å². The molecule has 0 aromatic heterocycles. The lowest BCUT2D eigenvalue weighted by Crippen LogP contribution is -2.31. The number of nitrogens with zero attached hydrogens (tertiary/aromatic N) is 1. The van der Waals surface area contributed by atoms with Crippen molar-refractivity contribution >= 4 is 18.3 Å². The summed E-state index contributed by atoms with van der Waals surface area (Å²) in [6.45, 7) is -1.80. The van der Waals surface area contributed by atoms with Gasteiger partial charge in [0.05, 0.1) is 0 Å². The minimum absolute atomic E-state index is 0. The Labute approximate surface area is 115 Å². The third-order valence-electron chi connectivity index (χ3n) is 2.82. The highest BCUT2D eigenvalue weighted by Crippen LogP contribution is 2.19. The molecule has 1 aromatic carbocycles. The molecule has 1 aliphatic heterocycles. The van der Waals surface area contributed by atoms with Crippen molar-refractivity contribution in [3.05, 3.63) is 29.8 Å². The van der Waals surface area contributed by atoms with Gasteiger partial charge in [0.25, 0.3) is 5.91 Å². The molecule has 1 unspecified atom stereocenters. The highest BCUT2D eigenvalue weighted by molar-refractivity contribution is 5.94. The summed E-state index contributed by atoms with van der Waals surface area (Å²) in [6.07, 6.45) is 0.763. The number of nitrogens with two attached hydrogens (primary N) is 1. The van der Waals surface area contributed by atoms with Crippen molar-refractivity contribution in [1.29, 1.82) is 0 Å². The van der Waals surface area contributed by atoms with Gasteiger partial charge < -0.3 is 15.4 Å². The van der Waals surface area contributed by atoms with E-state index in [2.05, 4.69) is 4.74 Å². The van der Waals surface area contributed by atoms with E-state index in [9.17, 15) is 13.6 Å². The summed E-state index contributed by atoms with van der Waals surface area (Å²) in [6, 6.07) is 5.79. The molecule has 1 aromatic rings. The van der Waals surface area contributed by atoms with Gasteiger partial charge in [-0.2, -0.15) is 8.78 Å². The summed E-state index contributed by atoms with van der Waals surface area (Å²) >= 11 is 0. The standard InChI is InChI=1S/C12H14F2N2O2.ClH/c13-12(14)18-10-3-1-2-8(6-10)11(17)16-5-4-9(15)7-16;/h1-3,6,9,12H,4-5,7,15H2;1H. The van der Waals surface area contributed by atoms with Crippen molar-refractivity contribution in [3.63, 3.8) is 0 Å². The van der Waals surface area contributed by atoms with Gasteiger partial charge in [0.2, 0.25) is 0 Å². The minimum Gasteiger partial charge on any atom is -0.435 e. The van der Waals surface area contributed by atoms with Gasteiger partial charge in [-0.1, -0.05) is 6.07 Å². The first kappa shape index (κ1) is 15.7. The van der Waals surface area contributed by atoms with Crippen molar-refractivity contribution in [2.24, 2.45) is 5.73 Å². The number of halogens is 3. The fraction of sp³-hybridized carbons (Fsp3) is 0.417. The van der Waals surface area contributed by atoms with Crippen LogP contribution in [0.5, 0.6) is 5.75 Å². The topological polar surface area (TPSA) is 55.6 Å². The van der Waals surface area contributed by atoms with E-state index in [0.29, 0.717) is 18.7 Å². The van der Waals surface area contributed by atoms with Crippen LogP contribution in [0, 0.1) is 0 Å². The Bertz CT molecular complexity index is 445. The van der Waals surface area contributed by atoms with E-state index in [-0.39, 0.29) is 30.1 Å². The minimum atomic E-state index is -2.89. The average Bonchev–Trinajstić information content (AvgIpc) is 2.74. The zero-order chi connectivity index (χ0) is 13.1. The van der Waals surface area contributed by atoms with E-state index in [1.54, 1.807) is 11.0 Å². The number of alkyl halides is 2. The Hall–Kier alpha value is -1.40. The molecule has 1 fully saturated rings. The number of ether oxygens (including phenoxy) is 1. The molecule has 1 saturated heterocycles. The van der Waals surface area contributed by atoms with Crippen molar-refractivity contribution in [1.82, 2.24) is 4.90 Å². The smallest absolute Gasteiger partial charge is 0.387 e. The molecule has 4 nitrogen and oxygen atoms in total. The second kappa shape index (κ2) is 6.68. The number of benzene rings is 1. The number of rotatable bonds is 3. The van der Waals surface area contributed by atoms with E-state index >= 15 is 0 Å². The number of hydrogen-bond acceptors (Lipinski definition) is 3. The zero-order valence-electron chi connectivity index (χ0n) is 10.1. The van der Waals surface area contributed by atoms with Gasteiger partial charge in [0, 0.05) is 24.7 Å². The first-order valence-electron chi connectivity index (χ1n) is 5.66. The maximum absolute atomic E-state index is 12.1. The summed E-state index contributed by atoms with van der Waals surface area (Å²) in [4.78, 5) is 13.7. The monoisotopic (exact) mass is 292 g/mol. The molecule has 0 spiro atoms. The molecule has 1 heterocycles. The lowest BCUT2D eigenvalue weighted by atomic mass is 10.2. The van der Waals surface area contributed by atoms with Crippen LogP contribution in [0.15, 0.2) is 24.3 Å². The fourth-order valence-electron chi connectivity index (χ4n) is 1.96. The second-order valence-electron chi connectivity index (χ2n) is 4.21. The molecular formula is C12H15ClF2N2O2. The van der Waals surface area contributed by atoms with Crippen LogP contribution in [0.4, 0.5) is 8.78 Å². The van der Waals surface area contributed by atoms with Crippen LogP contribution in [0.3, 0.4) is 0 Å². The molecule has 1 aliphatic rings. The van der Waals surface area contributed by atoms with Gasteiger partial charge in [-0.3, -0.25) is 4.79 Å². The van der Waals surface area contributed by atoms with Crippen molar-refractivity contribution in [2.75, 3.05) is 13.1 Å². The number of likely N-dealkylation sites (tertiary alicyclic amines) is 1. The lowest BCUT2D eigenvalue weighted by molar-refractivity contribution is -0.0499. The lowest BCUT2D eigenvalue weighted by Gasteiger charge is -2.16. The first-order valence-corrected chi connectivity index (χ1v) is 5.66. The largest absolute Gasteiger partial charge is 0.435 e. The molecule has 0 radical (unpaired) electrons. The highest BCUT2D eigenvalue weighted by Gasteiger charge is 2.24. The van der Waals surface area contributed by atoms with E-state index < -0.39 is 6.61 Å². The molecule has 2 rings (SSSR count). The number of amides is 1. The molecule has 0 bridgehead atoms. The van der Waals surface area contributed by atoms with Crippen LogP contribution in [0.2, 0.25) is 0 Å². The predicted molar refractivity (Wildman–Crippen MR) is 68.8 cm³/mol. The number of carbonyl (C=O) groups is 1. The molecule has 0 aliphatic carbocycles. The SMILES string of the molecule is Cl.NC1CCN(C(=O)c2cccc(OC(F)F)c2)C1. The Morgan fingerprint density at radius 3 is 2.79 bits per heavy atom. The van der Waals surface area contributed by atoms with Crippen LogP contribution < -0.4 is 10.5 Å². The molecule has 106 valence electrons. The predicted octanol–water partition coefficient (Wildman–Crippen LogP) is 1.88. The molecular weight excluding hydrogens is 278 g/mol.